The van der Waals surface area contributed by atoms with Crippen LogP contribution in [-0.4, -0.2) is 38.4 Å². The standard InChI is InChI=1S/C24H21N7O2/c1-14-9-21(30-29-14)24(33)27-17-4-2-3-15(11-17)10-16-5-6-20-18(12-16)19(23(32)28-20)13-25-22-7-8-26-31-22/h2-9,11-13,19H,10H2,1H3,(H,26,31)(H,27,33)(H,28,32)(H,29,30). The number of carbonyl (C=O) groups excluding carboxylic acids is 2. The van der Waals surface area contributed by atoms with E-state index < -0.39 is 5.92 Å². The zero-order valence-electron chi connectivity index (χ0n) is 17.8. The van der Waals surface area contributed by atoms with Crippen molar-refractivity contribution in [2.45, 2.75) is 19.3 Å². The van der Waals surface area contributed by atoms with Gasteiger partial charge in [0.25, 0.3) is 5.91 Å². The molecule has 0 saturated carbocycles. The maximum absolute atomic E-state index is 12.5. The van der Waals surface area contributed by atoms with Gasteiger partial charge >= 0.3 is 0 Å². The molecule has 3 heterocycles. The van der Waals surface area contributed by atoms with Crippen LogP contribution < -0.4 is 10.6 Å². The average molecular weight is 439 g/mol. The summed E-state index contributed by atoms with van der Waals surface area (Å²) in [6.07, 6.45) is 3.89. The van der Waals surface area contributed by atoms with Gasteiger partial charge < -0.3 is 10.6 Å². The molecule has 1 unspecified atom stereocenters. The lowest BCUT2D eigenvalue weighted by Crippen LogP contribution is -2.13. The first-order valence-corrected chi connectivity index (χ1v) is 10.4. The van der Waals surface area contributed by atoms with Crippen LogP contribution in [0.2, 0.25) is 0 Å². The minimum atomic E-state index is -0.467. The summed E-state index contributed by atoms with van der Waals surface area (Å²) in [4.78, 5) is 29.2. The quantitative estimate of drug-likeness (QED) is 0.341. The van der Waals surface area contributed by atoms with Gasteiger partial charge in [-0.15, -0.1) is 0 Å². The summed E-state index contributed by atoms with van der Waals surface area (Å²) in [7, 11) is 0. The van der Waals surface area contributed by atoms with Gasteiger partial charge in [-0.1, -0.05) is 24.3 Å². The predicted molar refractivity (Wildman–Crippen MR) is 125 cm³/mol. The summed E-state index contributed by atoms with van der Waals surface area (Å²) in [5.41, 5.74) is 5.63. The van der Waals surface area contributed by atoms with Crippen molar-refractivity contribution < 1.29 is 9.59 Å². The van der Waals surface area contributed by atoms with Crippen molar-refractivity contribution in [1.29, 1.82) is 0 Å². The molecule has 2 aromatic heterocycles. The Labute approximate surface area is 189 Å². The number of rotatable bonds is 6. The second-order valence-corrected chi connectivity index (χ2v) is 7.88. The molecule has 4 aromatic rings. The van der Waals surface area contributed by atoms with Crippen LogP contribution in [0.25, 0.3) is 0 Å². The van der Waals surface area contributed by atoms with Gasteiger partial charge in [-0.2, -0.15) is 10.2 Å². The minimum Gasteiger partial charge on any atom is -0.325 e. The van der Waals surface area contributed by atoms with Crippen molar-refractivity contribution in [2.24, 2.45) is 4.99 Å². The number of hydrogen-bond acceptors (Lipinski definition) is 5. The Bertz CT molecular complexity index is 1350. The molecule has 0 fully saturated rings. The number of nitrogens with zero attached hydrogens (tertiary/aromatic N) is 3. The molecule has 1 aliphatic rings. The van der Waals surface area contributed by atoms with E-state index >= 15 is 0 Å². The largest absolute Gasteiger partial charge is 0.325 e. The fraction of sp³-hybridized carbons (Fsp3) is 0.125. The first-order valence-electron chi connectivity index (χ1n) is 10.4. The van der Waals surface area contributed by atoms with Gasteiger partial charge in [0.1, 0.15) is 11.7 Å². The molecule has 0 aliphatic carbocycles. The molecule has 0 saturated heterocycles. The number of hydrogen-bond donors (Lipinski definition) is 4. The maximum atomic E-state index is 12.5. The lowest BCUT2D eigenvalue weighted by atomic mass is 9.96. The highest BCUT2D eigenvalue weighted by Crippen LogP contribution is 2.33. The Morgan fingerprint density at radius 3 is 2.79 bits per heavy atom. The van der Waals surface area contributed by atoms with E-state index in [1.165, 1.54) is 0 Å². The number of benzene rings is 2. The van der Waals surface area contributed by atoms with Crippen molar-refractivity contribution in [2.75, 3.05) is 10.6 Å². The number of aromatic amines is 2. The van der Waals surface area contributed by atoms with Gasteiger partial charge in [-0.25, -0.2) is 4.99 Å². The molecule has 4 N–H and O–H groups in total. The van der Waals surface area contributed by atoms with Crippen LogP contribution in [0.1, 0.15) is 38.8 Å². The van der Waals surface area contributed by atoms with Gasteiger partial charge in [0.05, 0.1) is 6.20 Å². The smallest absolute Gasteiger partial charge is 0.276 e. The Balaban J connectivity index is 1.33. The number of aliphatic imine (C=N–C) groups is 1. The van der Waals surface area contributed by atoms with Crippen molar-refractivity contribution in [3.05, 3.63) is 88.9 Å². The number of anilines is 2. The van der Waals surface area contributed by atoms with E-state index in [1.54, 1.807) is 24.5 Å². The summed E-state index contributed by atoms with van der Waals surface area (Å²) in [6.45, 7) is 1.85. The number of nitrogens with one attached hydrogen (secondary N) is 4. The highest BCUT2D eigenvalue weighted by atomic mass is 16.2. The Morgan fingerprint density at radius 2 is 2.00 bits per heavy atom. The van der Waals surface area contributed by atoms with E-state index in [1.807, 2.05) is 49.4 Å². The molecule has 0 bridgehead atoms. The molecule has 9 heteroatoms. The summed E-state index contributed by atoms with van der Waals surface area (Å²) >= 11 is 0. The van der Waals surface area contributed by atoms with Crippen molar-refractivity contribution in [3.8, 4) is 0 Å². The number of carbonyl (C=O) groups is 2. The van der Waals surface area contributed by atoms with Crippen LogP contribution in [0.4, 0.5) is 17.2 Å². The first-order chi connectivity index (χ1) is 16.0. The molecular formula is C24H21N7O2. The first kappa shape index (κ1) is 20.4. The van der Waals surface area contributed by atoms with Crippen molar-refractivity contribution in [1.82, 2.24) is 20.4 Å². The van der Waals surface area contributed by atoms with Crippen LogP contribution in [0.5, 0.6) is 0 Å². The molecule has 33 heavy (non-hydrogen) atoms. The zero-order valence-corrected chi connectivity index (χ0v) is 17.8. The third-order valence-electron chi connectivity index (χ3n) is 5.37. The number of H-pyrrole nitrogens is 2. The molecule has 0 radical (unpaired) electrons. The highest BCUT2D eigenvalue weighted by molar-refractivity contribution is 6.12. The number of fused-ring (bicyclic) bond motifs is 1. The predicted octanol–water partition coefficient (Wildman–Crippen LogP) is 3.72. The third kappa shape index (κ3) is 4.42. The normalized spacial score (nSPS) is 14.9. The van der Waals surface area contributed by atoms with Gasteiger partial charge in [0.2, 0.25) is 5.91 Å². The number of aromatic nitrogens is 4. The molecule has 0 spiro atoms. The van der Waals surface area contributed by atoms with Crippen molar-refractivity contribution in [3.63, 3.8) is 0 Å². The fourth-order valence-electron chi connectivity index (χ4n) is 3.79. The number of amides is 2. The molecule has 2 aromatic carbocycles. The van der Waals surface area contributed by atoms with Gasteiger partial charge in [0.15, 0.2) is 5.69 Å². The van der Waals surface area contributed by atoms with E-state index in [0.717, 1.165) is 28.1 Å². The summed E-state index contributed by atoms with van der Waals surface area (Å²) in [5.74, 6) is -0.246. The van der Waals surface area contributed by atoms with Gasteiger partial charge in [0, 0.05) is 29.3 Å². The molecular weight excluding hydrogens is 418 g/mol. The van der Waals surface area contributed by atoms with Crippen LogP contribution in [-0.2, 0) is 11.2 Å². The zero-order chi connectivity index (χ0) is 22.8. The molecule has 9 nitrogen and oxygen atoms in total. The van der Waals surface area contributed by atoms with E-state index in [9.17, 15) is 9.59 Å². The van der Waals surface area contributed by atoms with Crippen molar-refractivity contribution >= 4 is 35.2 Å². The minimum absolute atomic E-state index is 0.108. The average Bonchev–Trinajstić information content (AvgIpc) is 3.53. The summed E-state index contributed by atoms with van der Waals surface area (Å²) in [5, 5.41) is 19.2. The maximum Gasteiger partial charge on any atom is 0.276 e. The third-order valence-corrected chi connectivity index (χ3v) is 5.37. The number of aryl methyl sites for hydroxylation is 1. The molecule has 5 rings (SSSR count). The molecule has 2 amide bonds. The summed E-state index contributed by atoms with van der Waals surface area (Å²) in [6, 6.07) is 17.0. The molecule has 1 aliphatic heterocycles. The monoisotopic (exact) mass is 439 g/mol. The van der Waals surface area contributed by atoms with Gasteiger partial charge in [-0.05, 0) is 54.3 Å². The van der Waals surface area contributed by atoms with E-state index in [2.05, 4.69) is 36.0 Å². The van der Waals surface area contributed by atoms with E-state index in [0.29, 0.717) is 23.6 Å². The Kier molecular flexibility index (Phi) is 5.27. The van der Waals surface area contributed by atoms with E-state index in [-0.39, 0.29) is 11.8 Å². The van der Waals surface area contributed by atoms with E-state index in [4.69, 9.17) is 0 Å². The van der Waals surface area contributed by atoms with Crippen LogP contribution in [0, 0.1) is 6.92 Å². The second kappa shape index (κ2) is 8.54. The van der Waals surface area contributed by atoms with Crippen LogP contribution in [0.3, 0.4) is 0 Å². The second-order valence-electron chi connectivity index (χ2n) is 7.88. The summed E-state index contributed by atoms with van der Waals surface area (Å²) < 4.78 is 0. The molecule has 1 atom stereocenters. The Hall–Kier alpha value is -4.53. The lowest BCUT2D eigenvalue weighted by molar-refractivity contribution is -0.115. The fourth-order valence-corrected chi connectivity index (χ4v) is 3.79. The van der Waals surface area contributed by atoms with Crippen LogP contribution >= 0.6 is 0 Å². The SMILES string of the molecule is Cc1cc(C(=O)Nc2cccc(Cc3ccc4c(c3)C(C=Nc3ccn[nH]3)C(=O)N4)c2)n[nH]1. The van der Waals surface area contributed by atoms with Gasteiger partial charge in [-0.3, -0.25) is 19.8 Å². The topological polar surface area (TPSA) is 128 Å². The highest BCUT2D eigenvalue weighted by Gasteiger charge is 2.29. The lowest BCUT2D eigenvalue weighted by Gasteiger charge is -2.09. The van der Waals surface area contributed by atoms with Crippen LogP contribution in [0.15, 0.2) is 65.8 Å². The molecule has 164 valence electrons. The Morgan fingerprint density at radius 1 is 1.12 bits per heavy atom.